The molecule has 1 aromatic carbocycles. The second-order valence-electron chi connectivity index (χ2n) is 4.77. The number of aryl methyl sites for hydroxylation is 1. The summed E-state index contributed by atoms with van der Waals surface area (Å²) in [6.07, 6.45) is 0. The van der Waals surface area contributed by atoms with Crippen LogP contribution < -0.4 is 0 Å². The number of hydrogen-bond acceptors (Lipinski definition) is 4. The zero-order valence-corrected chi connectivity index (χ0v) is 11.8. The quantitative estimate of drug-likeness (QED) is 0.788. The van der Waals surface area contributed by atoms with E-state index in [2.05, 4.69) is 15.4 Å². The second-order valence-corrected chi connectivity index (χ2v) is 4.77. The lowest BCUT2D eigenvalue weighted by Crippen LogP contribution is -2.07. The molecule has 7 heteroatoms. The Labute approximate surface area is 120 Å². The fraction of sp³-hybridized carbons (Fsp3) is 0.286. The zero-order valence-electron chi connectivity index (χ0n) is 11.8. The maximum Gasteiger partial charge on any atom is 0.358 e. The number of carbonyl (C=O) groups is 1. The molecule has 2 aromatic heterocycles. The summed E-state index contributed by atoms with van der Waals surface area (Å²) in [7, 11) is 0. The molecule has 0 aliphatic carbocycles. The molecule has 3 aromatic rings. The highest BCUT2D eigenvalue weighted by Gasteiger charge is 2.17. The average Bonchev–Trinajstić information content (AvgIpc) is 3.01. The van der Waals surface area contributed by atoms with E-state index in [1.165, 1.54) is 0 Å². The Morgan fingerprint density at radius 3 is 2.71 bits per heavy atom. The van der Waals surface area contributed by atoms with Gasteiger partial charge in [-0.25, -0.2) is 9.48 Å². The third-order valence-corrected chi connectivity index (χ3v) is 3.52. The van der Waals surface area contributed by atoms with Gasteiger partial charge in [-0.3, -0.25) is 4.68 Å². The fourth-order valence-corrected chi connectivity index (χ4v) is 2.40. The number of fused-ring (bicyclic) bond motifs is 1. The Balaban J connectivity index is 2.04. The zero-order chi connectivity index (χ0) is 15.0. The highest BCUT2D eigenvalue weighted by atomic mass is 16.4. The topological polar surface area (TPSA) is 85.8 Å². The van der Waals surface area contributed by atoms with Crippen LogP contribution in [0, 0.1) is 6.92 Å². The lowest BCUT2D eigenvalue weighted by molar-refractivity contribution is 0.0689. The van der Waals surface area contributed by atoms with Crippen LogP contribution in [0.1, 0.15) is 28.8 Å². The number of para-hydroxylation sites is 1. The van der Waals surface area contributed by atoms with Crippen molar-refractivity contribution in [2.45, 2.75) is 26.9 Å². The van der Waals surface area contributed by atoms with Crippen LogP contribution in [0.4, 0.5) is 0 Å². The standard InChI is InChI=1S/C14H15N5O2/c1-3-18-12-7-5-4-6-10(12)11(16-18)8-19-9(2)13(14(20)21)15-17-19/h4-7H,3,8H2,1-2H3,(H,20,21). The van der Waals surface area contributed by atoms with Gasteiger partial charge in [0.2, 0.25) is 0 Å². The second kappa shape index (κ2) is 5.01. The Bertz CT molecular complexity index is 818. The Kier molecular flexibility index (Phi) is 3.17. The largest absolute Gasteiger partial charge is 0.476 e. The van der Waals surface area contributed by atoms with E-state index in [1.54, 1.807) is 11.6 Å². The van der Waals surface area contributed by atoms with Gasteiger partial charge in [0.15, 0.2) is 5.69 Å². The predicted molar refractivity (Wildman–Crippen MR) is 76.2 cm³/mol. The Morgan fingerprint density at radius 2 is 2.05 bits per heavy atom. The minimum atomic E-state index is -1.07. The summed E-state index contributed by atoms with van der Waals surface area (Å²) in [5.41, 5.74) is 2.43. The number of nitrogens with zero attached hydrogens (tertiary/aromatic N) is 5. The molecular weight excluding hydrogens is 270 g/mol. The summed E-state index contributed by atoms with van der Waals surface area (Å²) >= 11 is 0. The fourth-order valence-electron chi connectivity index (χ4n) is 2.40. The van der Waals surface area contributed by atoms with Crippen molar-refractivity contribution in [3.05, 3.63) is 41.3 Å². The number of carboxylic acid groups (broad SMARTS) is 1. The molecule has 108 valence electrons. The monoisotopic (exact) mass is 285 g/mol. The van der Waals surface area contributed by atoms with E-state index in [1.807, 2.05) is 35.9 Å². The molecule has 0 aliphatic rings. The van der Waals surface area contributed by atoms with E-state index >= 15 is 0 Å². The van der Waals surface area contributed by atoms with Gasteiger partial charge in [-0.05, 0) is 19.9 Å². The first-order valence-corrected chi connectivity index (χ1v) is 6.69. The third-order valence-electron chi connectivity index (χ3n) is 3.52. The van der Waals surface area contributed by atoms with Crippen LogP contribution in [-0.4, -0.2) is 35.9 Å². The normalized spacial score (nSPS) is 11.1. The smallest absolute Gasteiger partial charge is 0.358 e. The molecule has 2 heterocycles. The molecule has 0 radical (unpaired) electrons. The molecule has 0 amide bonds. The molecule has 0 saturated carbocycles. The van der Waals surface area contributed by atoms with Crippen molar-refractivity contribution in [1.82, 2.24) is 24.8 Å². The molecule has 1 N–H and O–H groups in total. The van der Waals surface area contributed by atoms with Crippen molar-refractivity contribution in [2.75, 3.05) is 0 Å². The molecule has 3 rings (SSSR count). The number of hydrogen-bond donors (Lipinski definition) is 1. The molecule has 21 heavy (non-hydrogen) atoms. The molecule has 0 spiro atoms. The van der Waals surface area contributed by atoms with Gasteiger partial charge < -0.3 is 5.11 Å². The van der Waals surface area contributed by atoms with Gasteiger partial charge in [-0.1, -0.05) is 23.4 Å². The van der Waals surface area contributed by atoms with Crippen LogP contribution in [-0.2, 0) is 13.1 Å². The maximum absolute atomic E-state index is 11.0. The molecule has 0 fully saturated rings. The van der Waals surface area contributed by atoms with Gasteiger partial charge in [-0.15, -0.1) is 5.10 Å². The summed E-state index contributed by atoms with van der Waals surface area (Å²) in [4.78, 5) is 11.0. The van der Waals surface area contributed by atoms with Gasteiger partial charge in [0.05, 0.1) is 23.4 Å². The predicted octanol–water partition coefficient (Wildman–Crippen LogP) is 1.70. The van der Waals surface area contributed by atoms with Gasteiger partial charge >= 0.3 is 5.97 Å². The maximum atomic E-state index is 11.0. The third kappa shape index (κ3) is 2.16. The van der Waals surface area contributed by atoms with Gasteiger partial charge in [-0.2, -0.15) is 5.10 Å². The molecule has 0 saturated heterocycles. The van der Waals surface area contributed by atoms with Crippen molar-refractivity contribution in [3.8, 4) is 0 Å². The highest BCUT2D eigenvalue weighted by Crippen LogP contribution is 2.19. The van der Waals surface area contributed by atoms with Crippen LogP contribution in [0.25, 0.3) is 10.9 Å². The lowest BCUT2D eigenvalue weighted by atomic mass is 10.2. The van der Waals surface area contributed by atoms with Crippen molar-refractivity contribution < 1.29 is 9.90 Å². The van der Waals surface area contributed by atoms with Crippen LogP contribution in [0.5, 0.6) is 0 Å². The van der Waals surface area contributed by atoms with Crippen molar-refractivity contribution >= 4 is 16.9 Å². The number of benzene rings is 1. The number of carboxylic acids is 1. The summed E-state index contributed by atoms with van der Waals surface area (Å²) in [6, 6.07) is 7.97. The van der Waals surface area contributed by atoms with Gasteiger partial charge in [0.25, 0.3) is 0 Å². The summed E-state index contributed by atoms with van der Waals surface area (Å²) < 4.78 is 3.49. The van der Waals surface area contributed by atoms with Crippen LogP contribution in [0.15, 0.2) is 24.3 Å². The van der Waals surface area contributed by atoms with Gasteiger partial charge in [0, 0.05) is 11.9 Å². The van der Waals surface area contributed by atoms with Crippen molar-refractivity contribution in [3.63, 3.8) is 0 Å². The number of rotatable bonds is 4. The molecular formula is C14H15N5O2. The van der Waals surface area contributed by atoms with E-state index in [-0.39, 0.29) is 5.69 Å². The van der Waals surface area contributed by atoms with E-state index in [0.29, 0.717) is 12.2 Å². The van der Waals surface area contributed by atoms with Crippen molar-refractivity contribution in [2.24, 2.45) is 0 Å². The minimum Gasteiger partial charge on any atom is -0.476 e. The minimum absolute atomic E-state index is 0.0192. The first-order valence-electron chi connectivity index (χ1n) is 6.69. The molecule has 7 nitrogen and oxygen atoms in total. The molecule has 0 bridgehead atoms. The van der Waals surface area contributed by atoms with Crippen molar-refractivity contribution in [1.29, 1.82) is 0 Å². The molecule has 0 aliphatic heterocycles. The van der Waals surface area contributed by atoms with E-state index in [4.69, 9.17) is 5.11 Å². The first kappa shape index (κ1) is 13.3. The van der Waals surface area contributed by atoms with Gasteiger partial charge in [0.1, 0.15) is 0 Å². The van der Waals surface area contributed by atoms with Crippen LogP contribution in [0.2, 0.25) is 0 Å². The SMILES string of the molecule is CCn1nc(Cn2nnc(C(=O)O)c2C)c2ccccc21. The Hall–Kier alpha value is -2.70. The highest BCUT2D eigenvalue weighted by molar-refractivity contribution is 5.86. The summed E-state index contributed by atoms with van der Waals surface area (Å²) in [6.45, 7) is 4.91. The van der Waals surface area contributed by atoms with E-state index in [0.717, 1.165) is 23.1 Å². The first-order chi connectivity index (χ1) is 10.1. The Morgan fingerprint density at radius 1 is 1.29 bits per heavy atom. The summed E-state index contributed by atoms with van der Waals surface area (Å²) in [5.74, 6) is -1.07. The average molecular weight is 285 g/mol. The van der Waals surface area contributed by atoms with Crippen LogP contribution in [0.3, 0.4) is 0 Å². The molecule has 0 atom stereocenters. The van der Waals surface area contributed by atoms with E-state index < -0.39 is 5.97 Å². The molecule has 0 unspecified atom stereocenters. The number of aromatic nitrogens is 5. The lowest BCUT2D eigenvalue weighted by Gasteiger charge is -2.00. The number of aromatic carboxylic acids is 1. The van der Waals surface area contributed by atoms with E-state index in [9.17, 15) is 4.79 Å². The summed E-state index contributed by atoms with van der Waals surface area (Å²) in [5, 5.41) is 22.3. The van der Waals surface area contributed by atoms with Crippen LogP contribution >= 0.6 is 0 Å².